The lowest BCUT2D eigenvalue weighted by Crippen LogP contribution is -1.80. The van der Waals surface area contributed by atoms with Crippen molar-refractivity contribution in [2.45, 2.75) is 0 Å². The van der Waals surface area contributed by atoms with Crippen LogP contribution in [0.15, 0.2) is 0 Å². The van der Waals surface area contributed by atoms with Crippen LogP contribution in [0.5, 0.6) is 0 Å². The van der Waals surface area contributed by atoms with Crippen LogP contribution in [0, 0.1) is 0 Å². The van der Waals surface area contributed by atoms with Crippen LogP contribution in [0.2, 0.25) is 0 Å². The van der Waals surface area contributed by atoms with Crippen molar-refractivity contribution >= 4 is 34.1 Å². The van der Waals surface area contributed by atoms with E-state index in [-0.39, 0.29) is 0 Å². The summed E-state index contributed by atoms with van der Waals surface area (Å²) < 4.78 is 0. The first-order chi connectivity index (χ1) is 3.83. The normalized spacial score (nSPS) is 9.00. The Hall–Kier alpha value is -0.550. The van der Waals surface area contributed by atoms with Crippen LogP contribution in [0.3, 0.4) is 0 Å². The number of nitrogens with zero attached hydrogens (tertiary/aromatic N) is 2. The first kappa shape index (κ1) is 5.58. The van der Waals surface area contributed by atoms with Crippen molar-refractivity contribution < 1.29 is 0 Å². The second-order valence-electron chi connectivity index (χ2n) is 1.10. The maximum Gasteiger partial charge on any atom is 0.203 e. The summed E-state index contributed by atoms with van der Waals surface area (Å²) in [7, 11) is 0. The summed E-state index contributed by atoms with van der Waals surface area (Å²) in [5.41, 5.74) is 5.23. The van der Waals surface area contributed by atoms with E-state index in [0.29, 0.717) is 10.1 Å². The number of hydrogen-bond donors (Lipinski definition) is 1. The van der Waals surface area contributed by atoms with Gasteiger partial charge in [-0.3, -0.25) is 0 Å². The molecule has 0 aromatic carbocycles. The molecular weight excluding hydrogens is 142 g/mol. The molecule has 0 spiro atoms. The molecule has 1 heterocycles. The molecule has 42 valence electrons. The largest absolute Gasteiger partial charge is 0.374 e. The number of hydrogen-bond acceptors (Lipinski definition) is 5. The summed E-state index contributed by atoms with van der Waals surface area (Å²) in [6.45, 7) is 0. The molecule has 5 heteroatoms. The minimum Gasteiger partial charge on any atom is -0.374 e. The third-order valence-electron chi connectivity index (χ3n) is 0.557. The van der Waals surface area contributed by atoms with Crippen molar-refractivity contribution in [1.29, 1.82) is 0 Å². The van der Waals surface area contributed by atoms with Crippen LogP contribution in [-0.2, 0) is 0 Å². The highest BCUT2D eigenvalue weighted by atomic mass is 32.1. The van der Waals surface area contributed by atoms with Crippen molar-refractivity contribution in [3.63, 3.8) is 0 Å². The second kappa shape index (κ2) is 2.15. The molecule has 0 saturated heterocycles. The van der Waals surface area contributed by atoms with Gasteiger partial charge in [-0.1, -0.05) is 23.6 Å². The zero-order chi connectivity index (χ0) is 5.98. The molecule has 0 unspecified atom stereocenters. The molecule has 0 radical (unpaired) electrons. The summed E-state index contributed by atoms with van der Waals surface area (Å²) in [6.07, 6.45) is 0. The molecule has 1 rings (SSSR count). The summed E-state index contributed by atoms with van der Waals surface area (Å²) in [5.74, 6) is 0. The third-order valence-corrected chi connectivity index (χ3v) is 1.63. The van der Waals surface area contributed by atoms with Gasteiger partial charge in [-0.2, -0.15) is 0 Å². The summed E-state index contributed by atoms with van der Waals surface area (Å²) in [5, 5.41) is 9.76. The topological polar surface area (TPSA) is 51.8 Å². The Morgan fingerprint density at radius 1 is 1.62 bits per heavy atom. The molecule has 3 nitrogen and oxygen atoms in total. The number of anilines is 1. The van der Waals surface area contributed by atoms with Crippen LogP contribution in [-0.4, -0.2) is 15.6 Å². The number of aromatic nitrogens is 2. The van der Waals surface area contributed by atoms with E-state index in [2.05, 4.69) is 22.4 Å². The highest BCUT2D eigenvalue weighted by Gasteiger charge is 1.92. The fraction of sp³-hybridized carbons (Fsp3) is 0. The number of nitrogens with two attached hydrogens (primary N) is 1. The van der Waals surface area contributed by atoms with E-state index in [1.54, 1.807) is 0 Å². The third kappa shape index (κ3) is 0.988. The summed E-state index contributed by atoms with van der Waals surface area (Å²) in [4.78, 5) is 0. The molecule has 0 aliphatic heterocycles. The van der Waals surface area contributed by atoms with Crippen molar-refractivity contribution in [2.24, 2.45) is 0 Å². The minimum atomic E-state index is 0.459. The highest BCUT2D eigenvalue weighted by Crippen LogP contribution is 2.07. The lowest BCUT2D eigenvalue weighted by molar-refractivity contribution is 1.09. The monoisotopic (exact) mass is 145 g/mol. The fourth-order valence-corrected chi connectivity index (χ4v) is 0.911. The fourth-order valence-electron chi connectivity index (χ4n) is 0.294. The van der Waals surface area contributed by atoms with E-state index in [1.807, 2.05) is 0 Å². The van der Waals surface area contributed by atoms with Crippen LogP contribution < -0.4 is 5.73 Å². The van der Waals surface area contributed by atoms with Gasteiger partial charge in [0.25, 0.3) is 0 Å². The predicted molar refractivity (Wildman–Crippen MR) is 37.1 cm³/mol. The molecule has 2 N–H and O–H groups in total. The van der Waals surface area contributed by atoms with Gasteiger partial charge in [-0.15, -0.1) is 10.2 Å². The van der Waals surface area contributed by atoms with Gasteiger partial charge in [0.2, 0.25) is 5.13 Å². The lowest BCUT2D eigenvalue weighted by atomic mass is 10.9. The quantitative estimate of drug-likeness (QED) is 0.583. The van der Waals surface area contributed by atoms with Gasteiger partial charge >= 0.3 is 0 Å². The maximum absolute atomic E-state index is 5.23. The zero-order valence-electron chi connectivity index (χ0n) is 3.87. The van der Waals surface area contributed by atoms with E-state index in [9.17, 15) is 0 Å². The standard InChI is InChI=1S/C3H3N3S2/c4-3-6-5-2(1-7)8-3/h1H,(H2,4,6). The van der Waals surface area contributed by atoms with Gasteiger partial charge in [0.05, 0.1) is 0 Å². The summed E-state index contributed by atoms with van der Waals surface area (Å²) >= 11 is 5.84. The van der Waals surface area contributed by atoms with E-state index < -0.39 is 0 Å². The number of nitrogen functional groups attached to an aromatic ring is 1. The molecule has 0 fully saturated rings. The maximum atomic E-state index is 5.23. The van der Waals surface area contributed by atoms with E-state index >= 15 is 0 Å². The molecule has 1 aromatic heterocycles. The van der Waals surface area contributed by atoms with Crippen molar-refractivity contribution in [2.75, 3.05) is 5.73 Å². The van der Waals surface area contributed by atoms with Gasteiger partial charge in [-0.25, -0.2) is 0 Å². The molecule has 8 heavy (non-hydrogen) atoms. The number of rotatable bonds is 1. The Kier molecular flexibility index (Phi) is 1.50. The Morgan fingerprint density at radius 3 is 2.62 bits per heavy atom. The predicted octanol–water partition coefficient (Wildman–Crippen LogP) is 0.468. The number of thiocarbonyl (C=S) groups is 1. The second-order valence-corrected chi connectivity index (χ2v) is 2.37. The van der Waals surface area contributed by atoms with Gasteiger partial charge in [0.1, 0.15) is 0 Å². The van der Waals surface area contributed by atoms with E-state index in [1.165, 1.54) is 16.7 Å². The van der Waals surface area contributed by atoms with Crippen molar-refractivity contribution in [3.8, 4) is 0 Å². The molecule has 1 aromatic rings. The zero-order valence-corrected chi connectivity index (χ0v) is 5.50. The molecule has 0 amide bonds. The van der Waals surface area contributed by atoms with Gasteiger partial charge < -0.3 is 5.73 Å². The Bertz CT molecular complexity index is 194. The molecular formula is C3H3N3S2. The van der Waals surface area contributed by atoms with Crippen molar-refractivity contribution in [3.05, 3.63) is 5.01 Å². The summed E-state index contributed by atoms with van der Waals surface area (Å²) in [6, 6.07) is 0. The molecule has 0 aliphatic carbocycles. The minimum absolute atomic E-state index is 0.459. The van der Waals surface area contributed by atoms with Crippen LogP contribution in [0.4, 0.5) is 5.13 Å². The highest BCUT2D eigenvalue weighted by molar-refractivity contribution is 7.79. The first-order valence-corrected chi connectivity index (χ1v) is 3.16. The average molecular weight is 145 g/mol. The van der Waals surface area contributed by atoms with Crippen LogP contribution in [0.1, 0.15) is 5.01 Å². The molecule has 0 bridgehead atoms. The Balaban J connectivity index is 3.00. The smallest absolute Gasteiger partial charge is 0.203 e. The molecule has 0 saturated carbocycles. The van der Waals surface area contributed by atoms with Crippen LogP contribution in [0.25, 0.3) is 0 Å². The Labute approximate surface area is 55.5 Å². The van der Waals surface area contributed by atoms with Crippen LogP contribution >= 0.6 is 23.6 Å². The first-order valence-electron chi connectivity index (χ1n) is 1.87. The SMILES string of the molecule is Nc1nnc(C=S)s1. The Morgan fingerprint density at radius 2 is 2.38 bits per heavy atom. The average Bonchev–Trinajstić information content (AvgIpc) is 2.14. The van der Waals surface area contributed by atoms with Crippen molar-refractivity contribution in [1.82, 2.24) is 10.2 Å². The lowest BCUT2D eigenvalue weighted by Gasteiger charge is -1.68. The molecule has 0 aliphatic rings. The van der Waals surface area contributed by atoms with Gasteiger partial charge in [0, 0.05) is 5.37 Å². The van der Waals surface area contributed by atoms with Gasteiger partial charge in [0.15, 0.2) is 5.01 Å². The molecule has 0 atom stereocenters. The van der Waals surface area contributed by atoms with E-state index in [4.69, 9.17) is 5.73 Å². The van der Waals surface area contributed by atoms with E-state index in [0.717, 1.165) is 0 Å². The van der Waals surface area contributed by atoms with Gasteiger partial charge in [-0.05, 0) is 0 Å².